The molecule has 0 atom stereocenters. The average molecular weight is 308 g/mol. The fraction of sp³-hybridized carbons (Fsp3) is 0. The third-order valence-electron chi connectivity index (χ3n) is 3.44. The van der Waals surface area contributed by atoms with Crippen LogP contribution in [0.15, 0.2) is 59.5 Å². The molecule has 0 fully saturated rings. The summed E-state index contributed by atoms with van der Waals surface area (Å²) in [5.41, 5.74) is 0.226. The molecule has 2 aromatic carbocycles. The number of carbonyl (C=O) groups is 2. The second kappa shape index (κ2) is 5.76. The number of pyridine rings is 1. The molecule has 0 radical (unpaired) electrons. The molecule has 0 saturated heterocycles. The van der Waals surface area contributed by atoms with Gasteiger partial charge in [0.2, 0.25) is 5.43 Å². The van der Waals surface area contributed by atoms with Crippen LogP contribution in [-0.2, 0) is 0 Å². The van der Waals surface area contributed by atoms with Crippen molar-refractivity contribution in [2.24, 2.45) is 0 Å². The molecule has 0 saturated carbocycles. The highest BCUT2D eigenvalue weighted by atomic mass is 16.4. The molecule has 0 aliphatic carbocycles. The number of aromatic carboxylic acids is 1. The van der Waals surface area contributed by atoms with Crippen molar-refractivity contribution >= 4 is 28.5 Å². The first kappa shape index (κ1) is 14.5. The van der Waals surface area contributed by atoms with Crippen LogP contribution in [0.4, 0.5) is 5.69 Å². The van der Waals surface area contributed by atoms with Gasteiger partial charge in [0.1, 0.15) is 5.56 Å². The fourth-order valence-electron chi connectivity index (χ4n) is 2.30. The topological polar surface area (TPSA) is 99.3 Å². The Balaban J connectivity index is 2.01. The number of carboxylic acids is 1. The van der Waals surface area contributed by atoms with Gasteiger partial charge in [0.05, 0.1) is 11.3 Å². The Morgan fingerprint density at radius 2 is 1.65 bits per heavy atom. The molecule has 0 unspecified atom stereocenters. The summed E-state index contributed by atoms with van der Waals surface area (Å²) < 4.78 is 0. The highest BCUT2D eigenvalue weighted by Crippen LogP contribution is 2.16. The summed E-state index contributed by atoms with van der Waals surface area (Å²) in [6, 6.07) is 12.8. The highest BCUT2D eigenvalue weighted by Gasteiger charge is 2.16. The predicted molar refractivity (Wildman–Crippen MR) is 85.9 cm³/mol. The number of carboxylic acid groups (broad SMARTS) is 1. The van der Waals surface area contributed by atoms with Gasteiger partial charge >= 0.3 is 5.97 Å². The van der Waals surface area contributed by atoms with Crippen LogP contribution < -0.4 is 10.7 Å². The van der Waals surface area contributed by atoms with E-state index >= 15 is 0 Å². The Morgan fingerprint density at radius 3 is 2.43 bits per heavy atom. The van der Waals surface area contributed by atoms with E-state index in [2.05, 4.69) is 10.3 Å². The van der Waals surface area contributed by atoms with Crippen molar-refractivity contribution in [3.05, 3.63) is 76.1 Å². The number of aromatic nitrogens is 1. The third-order valence-corrected chi connectivity index (χ3v) is 3.44. The maximum atomic E-state index is 12.4. The SMILES string of the molecule is O=C(O)c1ccccc1NC(=O)c1c[nH]c2ccccc2c1=O. The zero-order valence-electron chi connectivity index (χ0n) is 11.9. The molecule has 3 aromatic rings. The smallest absolute Gasteiger partial charge is 0.337 e. The summed E-state index contributed by atoms with van der Waals surface area (Å²) in [5.74, 6) is -1.82. The maximum absolute atomic E-state index is 12.4. The minimum Gasteiger partial charge on any atom is -0.478 e. The van der Waals surface area contributed by atoms with Gasteiger partial charge < -0.3 is 15.4 Å². The van der Waals surface area contributed by atoms with Crippen LogP contribution in [0, 0.1) is 0 Å². The number of anilines is 1. The molecule has 3 N–H and O–H groups in total. The van der Waals surface area contributed by atoms with E-state index < -0.39 is 17.3 Å². The van der Waals surface area contributed by atoms with Gasteiger partial charge in [0, 0.05) is 17.1 Å². The Hall–Kier alpha value is -3.41. The van der Waals surface area contributed by atoms with E-state index in [0.717, 1.165) is 0 Å². The summed E-state index contributed by atoms with van der Waals surface area (Å²) in [4.78, 5) is 38.8. The molecule has 0 bridgehead atoms. The number of carbonyl (C=O) groups excluding carboxylic acids is 1. The zero-order valence-corrected chi connectivity index (χ0v) is 11.9. The lowest BCUT2D eigenvalue weighted by atomic mass is 10.1. The Labute approximate surface area is 130 Å². The van der Waals surface area contributed by atoms with Crippen molar-refractivity contribution in [1.29, 1.82) is 0 Å². The maximum Gasteiger partial charge on any atom is 0.337 e. The number of aromatic amines is 1. The van der Waals surface area contributed by atoms with E-state index in [4.69, 9.17) is 5.11 Å². The van der Waals surface area contributed by atoms with Crippen LogP contribution in [0.25, 0.3) is 10.9 Å². The fourth-order valence-corrected chi connectivity index (χ4v) is 2.30. The van der Waals surface area contributed by atoms with Crippen molar-refractivity contribution in [1.82, 2.24) is 4.98 Å². The Bertz CT molecular complexity index is 975. The number of fused-ring (bicyclic) bond motifs is 1. The molecule has 0 aliphatic heterocycles. The van der Waals surface area contributed by atoms with Crippen molar-refractivity contribution in [3.8, 4) is 0 Å². The first-order chi connectivity index (χ1) is 11.1. The number of rotatable bonds is 3. The van der Waals surface area contributed by atoms with Crippen LogP contribution in [0.5, 0.6) is 0 Å². The standard InChI is InChI=1S/C17H12N2O4/c20-15-10-5-1-3-7-13(10)18-9-12(15)16(21)19-14-8-4-2-6-11(14)17(22)23/h1-9H,(H,18,20)(H,19,21)(H,22,23). The van der Waals surface area contributed by atoms with Gasteiger partial charge in [-0.2, -0.15) is 0 Å². The second-order valence-electron chi connectivity index (χ2n) is 4.88. The lowest BCUT2D eigenvalue weighted by Gasteiger charge is -2.08. The second-order valence-corrected chi connectivity index (χ2v) is 4.88. The molecule has 6 heteroatoms. The number of H-pyrrole nitrogens is 1. The number of nitrogens with one attached hydrogen (secondary N) is 2. The van der Waals surface area contributed by atoms with Crippen LogP contribution >= 0.6 is 0 Å². The van der Waals surface area contributed by atoms with Crippen LogP contribution in [0.2, 0.25) is 0 Å². The van der Waals surface area contributed by atoms with Crippen LogP contribution in [-0.4, -0.2) is 22.0 Å². The number of hydrogen-bond donors (Lipinski definition) is 3. The largest absolute Gasteiger partial charge is 0.478 e. The first-order valence-corrected chi connectivity index (χ1v) is 6.82. The molecule has 23 heavy (non-hydrogen) atoms. The molecule has 1 heterocycles. The number of amides is 1. The average Bonchev–Trinajstić information content (AvgIpc) is 2.55. The molecule has 6 nitrogen and oxygen atoms in total. The molecule has 1 aromatic heterocycles. The number of benzene rings is 2. The summed E-state index contributed by atoms with van der Waals surface area (Å²) >= 11 is 0. The van der Waals surface area contributed by atoms with Gasteiger partial charge in [0.15, 0.2) is 0 Å². The predicted octanol–water partition coefficient (Wildman–Crippen LogP) is 2.48. The van der Waals surface area contributed by atoms with Crippen LogP contribution in [0.3, 0.4) is 0 Å². The van der Waals surface area contributed by atoms with E-state index in [-0.39, 0.29) is 16.8 Å². The monoisotopic (exact) mass is 308 g/mol. The summed E-state index contributed by atoms with van der Waals surface area (Å²) in [6.07, 6.45) is 1.32. The minimum atomic E-state index is -1.16. The zero-order chi connectivity index (χ0) is 16.4. The van der Waals surface area contributed by atoms with E-state index in [1.165, 1.54) is 18.3 Å². The molecular formula is C17H12N2O4. The molecule has 0 aliphatic rings. The normalized spacial score (nSPS) is 10.4. The molecule has 3 rings (SSSR count). The molecule has 0 spiro atoms. The van der Waals surface area contributed by atoms with E-state index in [1.807, 2.05) is 0 Å². The molecular weight excluding hydrogens is 296 g/mol. The van der Waals surface area contributed by atoms with Crippen molar-refractivity contribution < 1.29 is 14.7 Å². The lowest BCUT2D eigenvalue weighted by molar-refractivity contribution is 0.0698. The van der Waals surface area contributed by atoms with Gasteiger partial charge in [-0.15, -0.1) is 0 Å². The summed E-state index contributed by atoms with van der Waals surface area (Å²) in [6.45, 7) is 0. The van der Waals surface area contributed by atoms with Crippen LogP contribution in [0.1, 0.15) is 20.7 Å². The van der Waals surface area contributed by atoms with Crippen molar-refractivity contribution in [2.45, 2.75) is 0 Å². The molecule has 114 valence electrons. The van der Waals surface area contributed by atoms with Gasteiger partial charge in [-0.3, -0.25) is 9.59 Å². The summed E-state index contributed by atoms with van der Waals surface area (Å²) in [7, 11) is 0. The van der Waals surface area contributed by atoms with Crippen molar-refractivity contribution in [2.75, 3.05) is 5.32 Å². The first-order valence-electron chi connectivity index (χ1n) is 6.82. The summed E-state index contributed by atoms with van der Waals surface area (Å²) in [5, 5.41) is 12.0. The van der Waals surface area contributed by atoms with Gasteiger partial charge in [-0.1, -0.05) is 24.3 Å². The molecule has 1 amide bonds. The Kier molecular flexibility index (Phi) is 3.64. The van der Waals surface area contributed by atoms with E-state index in [1.54, 1.807) is 36.4 Å². The third kappa shape index (κ3) is 2.69. The van der Waals surface area contributed by atoms with Gasteiger partial charge in [0.25, 0.3) is 5.91 Å². The quantitative estimate of drug-likeness (QED) is 0.692. The van der Waals surface area contributed by atoms with Crippen molar-refractivity contribution in [3.63, 3.8) is 0 Å². The Morgan fingerprint density at radius 1 is 0.957 bits per heavy atom. The number of hydrogen-bond acceptors (Lipinski definition) is 3. The highest BCUT2D eigenvalue weighted by molar-refractivity contribution is 6.08. The van der Waals surface area contributed by atoms with E-state index in [9.17, 15) is 14.4 Å². The number of para-hydroxylation sites is 2. The van der Waals surface area contributed by atoms with E-state index in [0.29, 0.717) is 10.9 Å². The lowest BCUT2D eigenvalue weighted by Crippen LogP contribution is -2.22. The van der Waals surface area contributed by atoms with Gasteiger partial charge in [-0.05, 0) is 24.3 Å². The van der Waals surface area contributed by atoms with Gasteiger partial charge in [-0.25, -0.2) is 4.79 Å². The minimum absolute atomic E-state index is 0.0435.